The first-order valence-corrected chi connectivity index (χ1v) is 5.99. The predicted molar refractivity (Wildman–Crippen MR) is 70.6 cm³/mol. The third-order valence-corrected chi connectivity index (χ3v) is 2.44. The summed E-state index contributed by atoms with van der Waals surface area (Å²) in [5.41, 5.74) is 0.616. The van der Waals surface area contributed by atoms with Gasteiger partial charge in [-0.2, -0.15) is 0 Å². The largest absolute Gasteiger partial charge is 0.457 e. The lowest BCUT2D eigenvalue weighted by Crippen LogP contribution is -2.26. The van der Waals surface area contributed by atoms with E-state index in [1.807, 2.05) is 44.2 Å². The van der Waals surface area contributed by atoms with Crippen molar-refractivity contribution in [3.63, 3.8) is 0 Å². The van der Waals surface area contributed by atoms with Crippen LogP contribution >= 0.6 is 0 Å². The lowest BCUT2D eigenvalue weighted by Gasteiger charge is -2.23. The lowest BCUT2D eigenvalue weighted by atomic mass is 10.0. The molecular formula is C15H20O2. The van der Waals surface area contributed by atoms with E-state index in [0.29, 0.717) is 0 Å². The third kappa shape index (κ3) is 5.34. The van der Waals surface area contributed by atoms with E-state index >= 15 is 0 Å². The van der Waals surface area contributed by atoms with Crippen molar-refractivity contribution in [2.24, 2.45) is 0 Å². The molecule has 0 amide bonds. The lowest BCUT2D eigenvalue weighted by molar-refractivity contribution is -0.150. The van der Waals surface area contributed by atoms with Gasteiger partial charge in [-0.05, 0) is 31.9 Å². The van der Waals surface area contributed by atoms with Gasteiger partial charge < -0.3 is 4.74 Å². The van der Waals surface area contributed by atoms with Gasteiger partial charge in [-0.15, -0.1) is 0 Å². The van der Waals surface area contributed by atoms with Crippen LogP contribution in [0.1, 0.15) is 39.2 Å². The van der Waals surface area contributed by atoms with Crippen LogP contribution in [0.2, 0.25) is 0 Å². The van der Waals surface area contributed by atoms with Crippen molar-refractivity contribution in [3.8, 4) is 0 Å². The van der Waals surface area contributed by atoms with Gasteiger partial charge in [0.1, 0.15) is 5.60 Å². The van der Waals surface area contributed by atoms with Gasteiger partial charge in [0.2, 0.25) is 0 Å². The fraction of sp³-hybridized carbons (Fsp3) is 0.400. The Morgan fingerprint density at radius 3 is 2.53 bits per heavy atom. The maximum Gasteiger partial charge on any atom is 0.331 e. The molecule has 0 saturated carbocycles. The van der Waals surface area contributed by atoms with Crippen LogP contribution in [-0.2, 0) is 9.53 Å². The molecular weight excluding hydrogens is 212 g/mol. The first-order chi connectivity index (χ1) is 8.03. The molecule has 0 aromatic heterocycles. The van der Waals surface area contributed by atoms with Gasteiger partial charge >= 0.3 is 5.97 Å². The quantitative estimate of drug-likeness (QED) is 0.570. The van der Waals surface area contributed by atoms with Crippen LogP contribution in [0.25, 0.3) is 6.08 Å². The normalized spacial score (nSPS) is 11.7. The van der Waals surface area contributed by atoms with Crippen LogP contribution in [0.5, 0.6) is 0 Å². The van der Waals surface area contributed by atoms with Crippen molar-refractivity contribution in [1.82, 2.24) is 0 Å². The van der Waals surface area contributed by atoms with Gasteiger partial charge in [0.15, 0.2) is 0 Å². The SMILES string of the molecule is CCCC(C)(C)OC(=O)/C=C/c1ccccc1. The Morgan fingerprint density at radius 2 is 1.94 bits per heavy atom. The van der Waals surface area contributed by atoms with Gasteiger partial charge in [-0.3, -0.25) is 0 Å². The summed E-state index contributed by atoms with van der Waals surface area (Å²) in [5, 5.41) is 0. The van der Waals surface area contributed by atoms with Crippen LogP contribution in [0.15, 0.2) is 36.4 Å². The molecule has 0 heterocycles. The highest BCUT2D eigenvalue weighted by Crippen LogP contribution is 2.16. The highest BCUT2D eigenvalue weighted by molar-refractivity contribution is 5.87. The smallest absolute Gasteiger partial charge is 0.331 e. The average Bonchev–Trinajstić information content (AvgIpc) is 2.27. The number of carbonyl (C=O) groups excluding carboxylic acids is 1. The summed E-state index contributed by atoms with van der Waals surface area (Å²) in [4.78, 5) is 11.6. The molecule has 0 saturated heterocycles. The van der Waals surface area contributed by atoms with Gasteiger partial charge in [-0.1, -0.05) is 43.7 Å². The molecule has 0 unspecified atom stereocenters. The maximum absolute atomic E-state index is 11.6. The van der Waals surface area contributed by atoms with Gasteiger partial charge in [0.25, 0.3) is 0 Å². The van der Waals surface area contributed by atoms with Gasteiger partial charge in [-0.25, -0.2) is 4.79 Å². The molecule has 0 radical (unpaired) electrons. The Kier molecular flexibility index (Phi) is 4.95. The van der Waals surface area contributed by atoms with Crippen molar-refractivity contribution in [1.29, 1.82) is 0 Å². The standard InChI is InChI=1S/C15H20O2/c1-4-12-15(2,3)17-14(16)11-10-13-8-6-5-7-9-13/h5-11H,4,12H2,1-3H3/b11-10+. The first-order valence-electron chi connectivity index (χ1n) is 5.99. The molecule has 0 N–H and O–H groups in total. The number of benzene rings is 1. The Balaban J connectivity index is 2.53. The van der Waals surface area contributed by atoms with E-state index in [1.165, 1.54) is 6.08 Å². The molecule has 1 aromatic rings. The summed E-state index contributed by atoms with van der Waals surface area (Å²) >= 11 is 0. The zero-order valence-corrected chi connectivity index (χ0v) is 10.8. The molecule has 0 aliphatic heterocycles. The van der Waals surface area contributed by atoms with Crippen molar-refractivity contribution < 1.29 is 9.53 Å². The number of hydrogen-bond donors (Lipinski definition) is 0. The number of hydrogen-bond acceptors (Lipinski definition) is 2. The molecule has 0 aliphatic carbocycles. The molecule has 0 spiro atoms. The number of esters is 1. The Hall–Kier alpha value is -1.57. The number of carbonyl (C=O) groups is 1. The highest BCUT2D eigenvalue weighted by atomic mass is 16.6. The van der Waals surface area contributed by atoms with Crippen molar-refractivity contribution in [2.75, 3.05) is 0 Å². The molecule has 1 aromatic carbocycles. The predicted octanol–water partition coefficient (Wildman–Crippen LogP) is 3.82. The molecule has 2 nitrogen and oxygen atoms in total. The number of ether oxygens (including phenoxy) is 1. The van der Waals surface area contributed by atoms with Crippen LogP contribution in [0.4, 0.5) is 0 Å². The summed E-state index contributed by atoms with van der Waals surface area (Å²) in [5.74, 6) is -0.285. The first kappa shape index (κ1) is 13.5. The second-order valence-electron chi connectivity index (χ2n) is 4.67. The van der Waals surface area contributed by atoms with E-state index in [4.69, 9.17) is 4.74 Å². The van der Waals surface area contributed by atoms with E-state index in [0.717, 1.165) is 18.4 Å². The summed E-state index contributed by atoms with van der Waals surface area (Å²) in [7, 11) is 0. The minimum atomic E-state index is -0.382. The molecule has 0 aliphatic rings. The summed E-state index contributed by atoms with van der Waals surface area (Å²) < 4.78 is 5.37. The van der Waals surface area contributed by atoms with E-state index in [9.17, 15) is 4.79 Å². The molecule has 1 rings (SSSR count). The zero-order valence-electron chi connectivity index (χ0n) is 10.8. The Morgan fingerprint density at radius 1 is 1.29 bits per heavy atom. The van der Waals surface area contributed by atoms with Crippen molar-refractivity contribution in [3.05, 3.63) is 42.0 Å². The molecule has 92 valence electrons. The van der Waals surface area contributed by atoms with Crippen LogP contribution < -0.4 is 0 Å². The second kappa shape index (κ2) is 6.24. The topological polar surface area (TPSA) is 26.3 Å². The minimum absolute atomic E-state index is 0.285. The van der Waals surface area contributed by atoms with E-state index in [-0.39, 0.29) is 11.6 Å². The molecule has 0 bridgehead atoms. The third-order valence-electron chi connectivity index (χ3n) is 2.44. The summed E-state index contributed by atoms with van der Waals surface area (Å²) in [6.45, 7) is 5.95. The Labute approximate surface area is 103 Å². The highest BCUT2D eigenvalue weighted by Gasteiger charge is 2.20. The zero-order chi connectivity index (χ0) is 12.7. The fourth-order valence-corrected chi connectivity index (χ4v) is 1.69. The van der Waals surface area contributed by atoms with Crippen LogP contribution in [0, 0.1) is 0 Å². The Bertz CT molecular complexity index is 377. The van der Waals surface area contributed by atoms with Gasteiger partial charge in [0, 0.05) is 6.08 Å². The summed E-state index contributed by atoms with van der Waals surface area (Å²) in [6, 6.07) is 9.71. The fourth-order valence-electron chi connectivity index (χ4n) is 1.69. The molecule has 17 heavy (non-hydrogen) atoms. The van der Waals surface area contributed by atoms with Crippen molar-refractivity contribution in [2.45, 2.75) is 39.2 Å². The van der Waals surface area contributed by atoms with E-state index in [2.05, 4.69) is 6.92 Å². The molecule has 2 heteroatoms. The van der Waals surface area contributed by atoms with Crippen LogP contribution in [-0.4, -0.2) is 11.6 Å². The summed E-state index contributed by atoms with van der Waals surface area (Å²) in [6.07, 6.45) is 5.12. The maximum atomic E-state index is 11.6. The van der Waals surface area contributed by atoms with Crippen LogP contribution in [0.3, 0.4) is 0 Å². The van der Waals surface area contributed by atoms with E-state index in [1.54, 1.807) is 6.08 Å². The van der Waals surface area contributed by atoms with Gasteiger partial charge in [0.05, 0.1) is 0 Å². The molecule has 0 atom stereocenters. The average molecular weight is 232 g/mol. The second-order valence-corrected chi connectivity index (χ2v) is 4.67. The minimum Gasteiger partial charge on any atom is -0.457 e. The number of rotatable bonds is 5. The van der Waals surface area contributed by atoms with Crippen molar-refractivity contribution >= 4 is 12.0 Å². The van der Waals surface area contributed by atoms with E-state index < -0.39 is 0 Å². The molecule has 0 fully saturated rings. The monoisotopic (exact) mass is 232 g/mol.